The Labute approximate surface area is 102 Å². The van der Waals surface area contributed by atoms with Gasteiger partial charge in [-0.1, -0.05) is 0 Å². The van der Waals surface area contributed by atoms with Crippen LogP contribution in [-0.4, -0.2) is 23.0 Å². The normalized spacial score (nSPS) is 17.1. The van der Waals surface area contributed by atoms with Crippen molar-refractivity contribution in [3.63, 3.8) is 0 Å². The van der Waals surface area contributed by atoms with Gasteiger partial charge in [0.25, 0.3) is 5.91 Å². The fourth-order valence-corrected chi connectivity index (χ4v) is 1.99. The lowest BCUT2D eigenvalue weighted by molar-refractivity contribution is 0.0850. The van der Waals surface area contributed by atoms with Crippen molar-refractivity contribution < 1.29 is 4.79 Å². The van der Waals surface area contributed by atoms with Crippen LogP contribution in [0.4, 0.5) is 5.82 Å². The van der Waals surface area contributed by atoms with Crippen molar-refractivity contribution in [3.8, 4) is 0 Å². The van der Waals surface area contributed by atoms with Gasteiger partial charge in [0.1, 0.15) is 5.82 Å². The number of aromatic nitrogens is 1. The van der Waals surface area contributed by atoms with Crippen molar-refractivity contribution in [2.24, 2.45) is 0 Å². The minimum Gasteiger partial charge on any atom is -0.370 e. The van der Waals surface area contributed by atoms with E-state index in [-0.39, 0.29) is 11.4 Å². The third-order valence-corrected chi connectivity index (χ3v) is 3.26. The summed E-state index contributed by atoms with van der Waals surface area (Å²) >= 11 is 0. The number of pyridine rings is 1. The first kappa shape index (κ1) is 11.9. The minimum absolute atomic E-state index is 0.00256. The smallest absolute Gasteiger partial charge is 0.253 e. The molecule has 4 heteroatoms. The summed E-state index contributed by atoms with van der Waals surface area (Å²) in [7, 11) is 0. The molecule has 17 heavy (non-hydrogen) atoms. The van der Waals surface area contributed by atoms with Gasteiger partial charge in [0.05, 0.1) is 5.56 Å². The predicted octanol–water partition coefficient (Wildman–Crippen LogP) is 2.19. The molecule has 92 valence electrons. The Bertz CT molecular complexity index is 396. The molecule has 1 amide bonds. The van der Waals surface area contributed by atoms with Crippen molar-refractivity contribution >= 4 is 11.7 Å². The molecule has 2 rings (SSSR count). The molecule has 0 spiro atoms. The van der Waals surface area contributed by atoms with Gasteiger partial charge in [0.15, 0.2) is 0 Å². The number of hydrogen-bond donors (Lipinski definition) is 2. The molecule has 1 aliphatic carbocycles. The maximum atomic E-state index is 12.0. The first-order valence-electron chi connectivity index (χ1n) is 6.15. The highest BCUT2D eigenvalue weighted by molar-refractivity contribution is 5.94. The molecule has 1 fully saturated rings. The summed E-state index contributed by atoms with van der Waals surface area (Å²) < 4.78 is 0. The van der Waals surface area contributed by atoms with Crippen LogP contribution in [0.5, 0.6) is 0 Å². The van der Waals surface area contributed by atoms with Gasteiger partial charge in [-0.2, -0.15) is 0 Å². The highest BCUT2D eigenvalue weighted by Crippen LogP contribution is 2.31. The summed E-state index contributed by atoms with van der Waals surface area (Å²) in [5.74, 6) is 0.779. The van der Waals surface area contributed by atoms with Crippen LogP contribution < -0.4 is 10.6 Å². The van der Waals surface area contributed by atoms with Crippen LogP contribution in [0.25, 0.3) is 0 Å². The van der Waals surface area contributed by atoms with E-state index in [2.05, 4.69) is 22.5 Å². The Morgan fingerprint density at radius 3 is 2.71 bits per heavy atom. The molecule has 0 atom stereocenters. The minimum atomic E-state index is -0.0252. The molecule has 0 aliphatic heterocycles. The summed E-state index contributed by atoms with van der Waals surface area (Å²) in [5.41, 5.74) is 0.622. The second kappa shape index (κ2) is 4.73. The summed E-state index contributed by atoms with van der Waals surface area (Å²) in [6.45, 7) is 4.94. The molecular weight excluding hydrogens is 214 g/mol. The van der Waals surface area contributed by atoms with E-state index in [1.807, 2.05) is 19.1 Å². The topological polar surface area (TPSA) is 54.0 Å². The van der Waals surface area contributed by atoms with Gasteiger partial charge in [-0.05, 0) is 45.2 Å². The standard InChI is InChI=1S/C13H19N3O/c1-3-14-11-6-5-10(9-15-11)12(17)16-13(2)7-4-8-13/h5-6,9H,3-4,7-8H2,1-2H3,(H,14,15)(H,16,17). The summed E-state index contributed by atoms with van der Waals surface area (Å²) in [6, 6.07) is 3.64. The maximum Gasteiger partial charge on any atom is 0.253 e. The molecule has 0 radical (unpaired) electrons. The van der Waals surface area contributed by atoms with Gasteiger partial charge in [-0.25, -0.2) is 4.98 Å². The van der Waals surface area contributed by atoms with E-state index in [1.165, 1.54) is 6.42 Å². The highest BCUT2D eigenvalue weighted by atomic mass is 16.1. The number of nitrogens with one attached hydrogen (secondary N) is 2. The zero-order chi connectivity index (χ0) is 12.3. The Kier molecular flexibility index (Phi) is 3.31. The average molecular weight is 233 g/mol. The van der Waals surface area contributed by atoms with Gasteiger partial charge in [-0.15, -0.1) is 0 Å². The molecule has 2 N–H and O–H groups in total. The van der Waals surface area contributed by atoms with Crippen molar-refractivity contribution in [3.05, 3.63) is 23.9 Å². The molecule has 4 nitrogen and oxygen atoms in total. The second-order valence-electron chi connectivity index (χ2n) is 4.83. The number of rotatable bonds is 4. The lowest BCUT2D eigenvalue weighted by Crippen LogP contribution is -2.50. The number of carbonyl (C=O) groups is 1. The largest absolute Gasteiger partial charge is 0.370 e. The molecule has 1 aliphatic rings. The van der Waals surface area contributed by atoms with Crippen LogP contribution in [0.2, 0.25) is 0 Å². The van der Waals surface area contributed by atoms with Crippen LogP contribution in [-0.2, 0) is 0 Å². The van der Waals surface area contributed by atoms with E-state index >= 15 is 0 Å². The molecule has 0 bridgehead atoms. The fraction of sp³-hybridized carbons (Fsp3) is 0.538. The number of hydrogen-bond acceptors (Lipinski definition) is 3. The number of anilines is 1. The van der Waals surface area contributed by atoms with Crippen LogP contribution in [0.3, 0.4) is 0 Å². The zero-order valence-corrected chi connectivity index (χ0v) is 10.4. The monoisotopic (exact) mass is 233 g/mol. The second-order valence-corrected chi connectivity index (χ2v) is 4.83. The van der Waals surface area contributed by atoms with E-state index in [0.717, 1.165) is 25.2 Å². The molecule has 0 saturated heterocycles. The molecular formula is C13H19N3O. The Hall–Kier alpha value is -1.58. The van der Waals surface area contributed by atoms with Crippen LogP contribution in [0.15, 0.2) is 18.3 Å². The average Bonchev–Trinajstić information content (AvgIpc) is 2.28. The Balaban J connectivity index is 1.99. The van der Waals surface area contributed by atoms with Crippen molar-refractivity contribution in [2.45, 2.75) is 38.6 Å². The third kappa shape index (κ3) is 2.75. The molecule has 0 unspecified atom stereocenters. The molecule has 1 heterocycles. The van der Waals surface area contributed by atoms with Gasteiger partial charge in [0, 0.05) is 18.3 Å². The van der Waals surface area contributed by atoms with Gasteiger partial charge >= 0.3 is 0 Å². The highest BCUT2D eigenvalue weighted by Gasteiger charge is 2.33. The summed E-state index contributed by atoms with van der Waals surface area (Å²) in [5, 5.41) is 6.16. The SMILES string of the molecule is CCNc1ccc(C(=O)NC2(C)CCC2)cn1. The van der Waals surface area contributed by atoms with Gasteiger partial charge in [0.2, 0.25) is 0 Å². The number of nitrogens with zero attached hydrogens (tertiary/aromatic N) is 1. The van der Waals surface area contributed by atoms with Crippen LogP contribution >= 0.6 is 0 Å². The third-order valence-electron chi connectivity index (χ3n) is 3.26. The van der Waals surface area contributed by atoms with E-state index in [9.17, 15) is 4.79 Å². The summed E-state index contributed by atoms with van der Waals surface area (Å²) in [6.07, 6.45) is 4.97. The van der Waals surface area contributed by atoms with Crippen LogP contribution in [0, 0.1) is 0 Å². The Morgan fingerprint density at radius 2 is 2.24 bits per heavy atom. The van der Waals surface area contributed by atoms with Gasteiger partial charge < -0.3 is 10.6 Å². The molecule has 1 saturated carbocycles. The van der Waals surface area contributed by atoms with E-state index in [0.29, 0.717) is 5.56 Å². The Morgan fingerprint density at radius 1 is 1.47 bits per heavy atom. The molecule has 0 aromatic carbocycles. The lowest BCUT2D eigenvalue weighted by Gasteiger charge is -2.39. The quantitative estimate of drug-likeness (QED) is 0.838. The fourth-order valence-electron chi connectivity index (χ4n) is 1.99. The molecule has 1 aromatic rings. The first-order valence-corrected chi connectivity index (χ1v) is 6.15. The van der Waals surface area contributed by atoms with Gasteiger partial charge in [-0.3, -0.25) is 4.79 Å². The first-order chi connectivity index (χ1) is 8.13. The summed E-state index contributed by atoms with van der Waals surface area (Å²) in [4.78, 5) is 16.1. The maximum absolute atomic E-state index is 12.0. The van der Waals surface area contributed by atoms with E-state index < -0.39 is 0 Å². The zero-order valence-electron chi connectivity index (χ0n) is 10.4. The van der Waals surface area contributed by atoms with E-state index in [1.54, 1.807) is 6.20 Å². The van der Waals surface area contributed by atoms with Crippen molar-refractivity contribution in [1.29, 1.82) is 0 Å². The van der Waals surface area contributed by atoms with Crippen molar-refractivity contribution in [1.82, 2.24) is 10.3 Å². The predicted molar refractivity (Wildman–Crippen MR) is 68.1 cm³/mol. The lowest BCUT2D eigenvalue weighted by atomic mass is 9.78. The van der Waals surface area contributed by atoms with Crippen LogP contribution in [0.1, 0.15) is 43.5 Å². The van der Waals surface area contributed by atoms with E-state index in [4.69, 9.17) is 0 Å². The number of carbonyl (C=O) groups excluding carboxylic acids is 1. The van der Waals surface area contributed by atoms with Crippen molar-refractivity contribution in [2.75, 3.05) is 11.9 Å². The number of amides is 1. The molecule has 1 aromatic heterocycles.